The molecule has 7 heteroatoms. The van der Waals surface area contributed by atoms with E-state index in [2.05, 4.69) is 0 Å². The lowest BCUT2D eigenvalue weighted by molar-refractivity contribution is -0.231. The lowest BCUT2D eigenvalue weighted by Crippen LogP contribution is -2.56. The number of amides is 1. The van der Waals surface area contributed by atoms with Gasteiger partial charge in [0.1, 0.15) is 30.6 Å². The first-order chi connectivity index (χ1) is 9.91. The summed E-state index contributed by atoms with van der Waals surface area (Å²) in [4.78, 5) is 13.5. The average Bonchev–Trinajstić information content (AvgIpc) is 3.05. The van der Waals surface area contributed by atoms with Crippen molar-refractivity contribution >= 4 is 5.91 Å². The van der Waals surface area contributed by atoms with Gasteiger partial charge in [-0.3, -0.25) is 4.79 Å². The highest BCUT2D eigenvalue weighted by Gasteiger charge is 2.61. The zero-order valence-electron chi connectivity index (χ0n) is 12.6. The van der Waals surface area contributed by atoms with Crippen molar-refractivity contribution in [3.05, 3.63) is 0 Å². The number of methoxy groups -OCH3 is 1. The molecule has 0 bridgehead atoms. The molecule has 1 amide bonds. The Hall–Kier alpha value is -0.730. The monoisotopic (exact) mass is 299 g/mol. The highest BCUT2D eigenvalue weighted by Crippen LogP contribution is 2.43. The number of rotatable bonds is 2. The van der Waals surface area contributed by atoms with E-state index in [1.807, 2.05) is 20.8 Å². The summed E-state index contributed by atoms with van der Waals surface area (Å²) in [5, 5.41) is 0. The Morgan fingerprint density at radius 1 is 1.24 bits per heavy atom. The fraction of sp³-hybridized carbons (Fsp3) is 0.929. The van der Waals surface area contributed by atoms with E-state index < -0.39 is 12.1 Å². The maximum Gasteiger partial charge on any atom is 0.232 e. The minimum Gasteiger partial charge on any atom is -0.376 e. The summed E-state index contributed by atoms with van der Waals surface area (Å²) in [7, 11) is 1.63. The molecule has 7 atom stereocenters. The quantitative estimate of drug-likeness (QED) is 0.673. The molecule has 0 aromatic carbocycles. The van der Waals surface area contributed by atoms with Gasteiger partial charge in [0.25, 0.3) is 0 Å². The van der Waals surface area contributed by atoms with Crippen LogP contribution in [-0.2, 0) is 28.5 Å². The fourth-order valence-electron chi connectivity index (χ4n) is 3.75. The molecule has 7 nitrogen and oxygen atoms in total. The second kappa shape index (κ2) is 4.39. The molecule has 4 aliphatic heterocycles. The minimum atomic E-state index is -0.666. The molecule has 0 spiro atoms. The van der Waals surface area contributed by atoms with Crippen molar-refractivity contribution in [2.24, 2.45) is 5.92 Å². The third kappa shape index (κ3) is 1.88. The number of β-lactam (4-membered cyclic amide) rings is 1. The van der Waals surface area contributed by atoms with Crippen LogP contribution in [0.5, 0.6) is 0 Å². The van der Waals surface area contributed by atoms with Crippen LogP contribution >= 0.6 is 0 Å². The van der Waals surface area contributed by atoms with Crippen LogP contribution in [0.2, 0.25) is 0 Å². The highest BCUT2D eigenvalue weighted by atomic mass is 16.8. The number of fused-ring (bicyclic) bond motifs is 2. The van der Waals surface area contributed by atoms with E-state index in [1.54, 1.807) is 12.0 Å². The first-order valence-corrected chi connectivity index (χ1v) is 7.41. The molecule has 0 saturated carbocycles. The minimum absolute atomic E-state index is 0.0664. The topological polar surface area (TPSA) is 66.5 Å². The molecule has 4 aliphatic rings. The average molecular weight is 299 g/mol. The van der Waals surface area contributed by atoms with E-state index in [1.165, 1.54) is 0 Å². The summed E-state index contributed by atoms with van der Waals surface area (Å²) in [5.41, 5.74) is 0. The normalized spacial score (nSPS) is 51.0. The molecule has 21 heavy (non-hydrogen) atoms. The van der Waals surface area contributed by atoms with Gasteiger partial charge in [-0.25, -0.2) is 0 Å². The zero-order chi connectivity index (χ0) is 14.9. The molecule has 0 unspecified atom stereocenters. The molecular formula is C14H21NO6. The van der Waals surface area contributed by atoms with E-state index in [4.69, 9.17) is 23.7 Å². The van der Waals surface area contributed by atoms with E-state index in [0.29, 0.717) is 6.54 Å². The van der Waals surface area contributed by atoms with Crippen molar-refractivity contribution in [2.45, 2.75) is 63.5 Å². The summed E-state index contributed by atoms with van der Waals surface area (Å²) in [6, 6.07) is 0. The Bertz CT molecular complexity index is 468. The van der Waals surface area contributed by atoms with Crippen molar-refractivity contribution in [3.63, 3.8) is 0 Å². The first-order valence-electron chi connectivity index (χ1n) is 7.41. The standard InChI is InChI=1S/C14H21NO6/c1-6-11(16)15-5-7(18-12(6)15)8-9(17-4)10-13(19-8)21-14(2,3)20-10/h6-10,12-13H,5H2,1-4H3/t6-,7-,8-,9+,10-,12-,13-/m1/s1. The van der Waals surface area contributed by atoms with Crippen molar-refractivity contribution in [1.82, 2.24) is 4.90 Å². The van der Waals surface area contributed by atoms with Crippen LogP contribution in [-0.4, -0.2) is 67.2 Å². The van der Waals surface area contributed by atoms with Gasteiger partial charge in [0.2, 0.25) is 5.91 Å². The summed E-state index contributed by atoms with van der Waals surface area (Å²) in [6.45, 7) is 6.14. The van der Waals surface area contributed by atoms with Crippen molar-refractivity contribution in [1.29, 1.82) is 0 Å². The molecule has 0 aromatic rings. The smallest absolute Gasteiger partial charge is 0.232 e. The number of hydrogen-bond acceptors (Lipinski definition) is 6. The van der Waals surface area contributed by atoms with Gasteiger partial charge in [-0.1, -0.05) is 0 Å². The molecule has 4 rings (SSSR count). The van der Waals surface area contributed by atoms with Gasteiger partial charge in [-0.05, 0) is 20.8 Å². The summed E-state index contributed by atoms with van der Waals surface area (Å²) in [6.07, 6.45) is -1.57. The van der Waals surface area contributed by atoms with Gasteiger partial charge in [-0.2, -0.15) is 0 Å². The molecule has 0 aliphatic carbocycles. The summed E-state index contributed by atoms with van der Waals surface area (Å²) in [5.74, 6) is -0.590. The largest absolute Gasteiger partial charge is 0.376 e. The van der Waals surface area contributed by atoms with Crippen LogP contribution in [0.15, 0.2) is 0 Å². The van der Waals surface area contributed by atoms with E-state index >= 15 is 0 Å². The number of hydrogen-bond donors (Lipinski definition) is 0. The predicted molar refractivity (Wildman–Crippen MR) is 69.0 cm³/mol. The van der Waals surface area contributed by atoms with Crippen LogP contribution in [0.1, 0.15) is 20.8 Å². The van der Waals surface area contributed by atoms with Crippen LogP contribution in [0.3, 0.4) is 0 Å². The van der Waals surface area contributed by atoms with Gasteiger partial charge in [0, 0.05) is 7.11 Å². The maximum atomic E-state index is 11.8. The Balaban J connectivity index is 1.49. The van der Waals surface area contributed by atoms with Gasteiger partial charge in [0.15, 0.2) is 12.1 Å². The maximum absolute atomic E-state index is 11.8. The van der Waals surface area contributed by atoms with E-state index in [-0.39, 0.29) is 42.5 Å². The Kier molecular flexibility index (Phi) is 2.91. The predicted octanol–water partition coefficient (Wildman–Crippen LogP) is 0.0810. The Morgan fingerprint density at radius 2 is 2.00 bits per heavy atom. The van der Waals surface area contributed by atoms with Crippen LogP contribution in [0, 0.1) is 5.92 Å². The zero-order valence-corrected chi connectivity index (χ0v) is 12.6. The third-order valence-electron chi connectivity index (χ3n) is 4.76. The molecule has 4 heterocycles. The van der Waals surface area contributed by atoms with Gasteiger partial charge < -0.3 is 28.6 Å². The van der Waals surface area contributed by atoms with Crippen molar-refractivity contribution < 1.29 is 28.5 Å². The van der Waals surface area contributed by atoms with Crippen LogP contribution in [0.25, 0.3) is 0 Å². The molecule has 0 aromatic heterocycles. The Morgan fingerprint density at radius 3 is 2.67 bits per heavy atom. The molecule has 118 valence electrons. The van der Waals surface area contributed by atoms with Gasteiger partial charge >= 0.3 is 0 Å². The van der Waals surface area contributed by atoms with E-state index in [0.717, 1.165) is 0 Å². The number of carbonyl (C=O) groups excluding carboxylic acids is 1. The summed E-state index contributed by atoms with van der Waals surface area (Å²) >= 11 is 0. The first kappa shape index (κ1) is 13.9. The molecule has 4 fully saturated rings. The molecule has 4 saturated heterocycles. The SMILES string of the molecule is CO[C@@H]1[C@H]2OC(C)(C)O[C@H]2O[C@@H]1[C@H]1CN2C(=O)[C@@H](C)[C@H]2O1. The molecule has 0 N–H and O–H groups in total. The second-order valence-corrected chi connectivity index (χ2v) is 6.61. The van der Waals surface area contributed by atoms with Crippen LogP contribution in [0.4, 0.5) is 0 Å². The van der Waals surface area contributed by atoms with E-state index in [9.17, 15) is 4.79 Å². The number of carbonyl (C=O) groups is 1. The number of ether oxygens (including phenoxy) is 5. The van der Waals surface area contributed by atoms with Crippen molar-refractivity contribution in [2.75, 3.05) is 13.7 Å². The molecule has 0 radical (unpaired) electrons. The highest BCUT2D eigenvalue weighted by molar-refractivity contribution is 5.85. The Labute approximate surface area is 123 Å². The number of nitrogens with zero attached hydrogens (tertiary/aromatic N) is 1. The van der Waals surface area contributed by atoms with Gasteiger partial charge in [0.05, 0.1) is 12.5 Å². The van der Waals surface area contributed by atoms with Crippen molar-refractivity contribution in [3.8, 4) is 0 Å². The molecular weight excluding hydrogens is 278 g/mol. The lowest BCUT2D eigenvalue weighted by atomic mass is 9.99. The van der Waals surface area contributed by atoms with Gasteiger partial charge in [-0.15, -0.1) is 0 Å². The summed E-state index contributed by atoms with van der Waals surface area (Å²) < 4.78 is 29.1. The lowest BCUT2D eigenvalue weighted by Gasteiger charge is -2.38. The third-order valence-corrected chi connectivity index (χ3v) is 4.76. The fourth-order valence-corrected chi connectivity index (χ4v) is 3.75. The second-order valence-electron chi connectivity index (χ2n) is 6.61. The van der Waals surface area contributed by atoms with Crippen LogP contribution < -0.4 is 0 Å².